The monoisotopic (exact) mass is 310 g/mol. The van der Waals surface area contributed by atoms with Gasteiger partial charge in [0.2, 0.25) is 5.91 Å². The fraction of sp³-hybridized carbons (Fsp3) is 0.308. The van der Waals surface area contributed by atoms with Crippen LogP contribution in [0.4, 0.5) is 5.82 Å². The molecule has 0 saturated carbocycles. The van der Waals surface area contributed by atoms with Gasteiger partial charge in [-0.2, -0.15) is 0 Å². The minimum Gasteiger partial charge on any atom is -0.368 e. The molecule has 0 aliphatic carbocycles. The maximum absolute atomic E-state index is 11.0. The second-order valence-corrected chi connectivity index (χ2v) is 5.78. The lowest BCUT2D eigenvalue weighted by Gasteiger charge is -2.07. The second-order valence-electron chi connectivity index (χ2n) is 4.17. The Morgan fingerprint density at radius 3 is 2.85 bits per heavy atom. The lowest BCUT2D eigenvalue weighted by atomic mass is 10.2. The van der Waals surface area contributed by atoms with E-state index in [0.29, 0.717) is 22.9 Å². The zero-order chi connectivity index (χ0) is 14.5. The van der Waals surface area contributed by atoms with E-state index in [1.54, 1.807) is 11.3 Å². The topological polar surface area (TPSA) is 80.9 Å². The van der Waals surface area contributed by atoms with E-state index in [0.717, 1.165) is 17.8 Å². The lowest BCUT2D eigenvalue weighted by molar-refractivity contribution is 0.1000. The van der Waals surface area contributed by atoms with Crippen molar-refractivity contribution in [2.24, 2.45) is 5.73 Å². The number of hydrogen-bond donors (Lipinski definition) is 2. The molecule has 5 nitrogen and oxygen atoms in total. The van der Waals surface area contributed by atoms with E-state index in [9.17, 15) is 4.79 Å². The summed E-state index contributed by atoms with van der Waals surface area (Å²) < 4.78 is 0. The molecule has 0 atom stereocenters. The van der Waals surface area contributed by atoms with Gasteiger partial charge in [-0.05, 0) is 12.5 Å². The van der Waals surface area contributed by atoms with E-state index in [4.69, 9.17) is 17.3 Å². The SMILES string of the molecule is CCc1cnc(CCNc2ncc(C(N)=O)cc2Cl)s1. The Morgan fingerprint density at radius 1 is 1.45 bits per heavy atom. The second kappa shape index (κ2) is 6.67. The highest BCUT2D eigenvalue weighted by molar-refractivity contribution is 7.11. The quantitative estimate of drug-likeness (QED) is 0.859. The number of carbonyl (C=O) groups excluding carboxylic acids is 1. The number of anilines is 1. The fourth-order valence-electron chi connectivity index (χ4n) is 1.62. The first-order valence-corrected chi connectivity index (χ1v) is 7.42. The van der Waals surface area contributed by atoms with E-state index < -0.39 is 5.91 Å². The van der Waals surface area contributed by atoms with E-state index >= 15 is 0 Å². The summed E-state index contributed by atoms with van der Waals surface area (Å²) in [4.78, 5) is 20.7. The van der Waals surface area contributed by atoms with Gasteiger partial charge in [-0.25, -0.2) is 9.97 Å². The highest BCUT2D eigenvalue weighted by Crippen LogP contribution is 2.20. The molecule has 2 rings (SSSR count). The average molecular weight is 311 g/mol. The van der Waals surface area contributed by atoms with Crippen molar-refractivity contribution in [2.75, 3.05) is 11.9 Å². The Hall–Kier alpha value is -1.66. The summed E-state index contributed by atoms with van der Waals surface area (Å²) in [5.74, 6) is 0.00442. The predicted molar refractivity (Wildman–Crippen MR) is 81.5 cm³/mol. The summed E-state index contributed by atoms with van der Waals surface area (Å²) in [7, 11) is 0. The van der Waals surface area contributed by atoms with Gasteiger partial charge in [-0.15, -0.1) is 11.3 Å². The van der Waals surface area contributed by atoms with Crippen molar-refractivity contribution in [3.05, 3.63) is 38.9 Å². The molecule has 20 heavy (non-hydrogen) atoms. The summed E-state index contributed by atoms with van der Waals surface area (Å²) in [6.07, 6.45) is 5.13. The van der Waals surface area contributed by atoms with Crippen LogP contribution in [0.1, 0.15) is 27.2 Å². The van der Waals surface area contributed by atoms with E-state index in [2.05, 4.69) is 22.2 Å². The molecule has 0 radical (unpaired) electrons. The van der Waals surface area contributed by atoms with Gasteiger partial charge in [0.25, 0.3) is 0 Å². The molecular weight excluding hydrogens is 296 g/mol. The molecule has 7 heteroatoms. The number of pyridine rings is 1. The maximum Gasteiger partial charge on any atom is 0.250 e. The summed E-state index contributed by atoms with van der Waals surface area (Å²) in [5, 5.41) is 4.59. The molecule has 0 aliphatic heterocycles. The number of aromatic nitrogens is 2. The van der Waals surface area contributed by atoms with Crippen LogP contribution < -0.4 is 11.1 Å². The third-order valence-corrected chi connectivity index (χ3v) is 4.20. The first-order valence-electron chi connectivity index (χ1n) is 6.23. The summed E-state index contributed by atoms with van der Waals surface area (Å²) in [6.45, 7) is 2.79. The summed E-state index contributed by atoms with van der Waals surface area (Å²) in [6, 6.07) is 1.51. The van der Waals surface area contributed by atoms with Crippen LogP contribution in [0, 0.1) is 0 Å². The number of rotatable bonds is 6. The third kappa shape index (κ3) is 3.68. The molecule has 0 aliphatic rings. The van der Waals surface area contributed by atoms with Crippen LogP contribution in [0.2, 0.25) is 5.02 Å². The zero-order valence-corrected chi connectivity index (χ0v) is 12.6. The normalized spacial score (nSPS) is 10.5. The number of nitrogens with two attached hydrogens (primary N) is 1. The molecule has 2 heterocycles. The van der Waals surface area contributed by atoms with Gasteiger partial charge in [0.05, 0.1) is 15.6 Å². The molecular formula is C13H15ClN4OS. The first-order chi connectivity index (χ1) is 9.60. The first kappa shape index (κ1) is 14.7. The number of nitrogens with zero attached hydrogens (tertiary/aromatic N) is 2. The van der Waals surface area contributed by atoms with E-state index in [1.807, 2.05) is 6.20 Å². The average Bonchev–Trinajstić information content (AvgIpc) is 2.88. The van der Waals surface area contributed by atoms with Crippen LogP contribution >= 0.6 is 22.9 Å². The Kier molecular flexibility index (Phi) is 4.92. The number of halogens is 1. The molecule has 2 aromatic rings. The van der Waals surface area contributed by atoms with Crippen molar-refractivity contribution >= 4 is 34.7 Å². The fourth-order valence-corrected chi connectivity index (χ4v) is 2.71. The minimum atomic E-state index is -0.541. The molecule has 0 unspecified atom stereocenters. The highest BCUT2D eigenvalue weighted by Gasteiger charge is 2.07. The van der Waals surface area contributed by atoms with Gasteiger partial charge in [-0.1, -0.05) is 18.5 Å². The molecule has 0 aromatic carbocycles. The van der Waals surface area contributed by atoms with Crippen molar-refractivity contribution in [3.63, 3.8) is 0 Å². The van der Waals surface area contributed by atoms with Gasteiger partial charge < -0.3 is 11.1 Å². The molecule has 106 valence electrons. The number of carbonyl (C=O) groups is 1. The molecule has 3 N–H and O–H groups in total. The Morgan fingerprint density at radius 2 is 2.25 bits per heavy atom. The number of nitrogens with one attached hydrogen (secondary N) is 1. The number of aryl methyl sites for hydroxylation is 1. The van der Waals surface area contributed by atoms with Gasteiger partial charge in [0.1, 0.15) is 5.82 Å². The summed E-state index contributed by atoms with van der Waals surface area (Å²) in [5.41, 5.74) is 5.46. The van der Waals surface area contributed by atoms with Crippen molar-refractivity contribution in [1.29, 1.82) is 0 Å². The Balaban J connectivity index is 1.92. The maximum atomic E-state index is 11.0. The van der Waals surface area contributed by atoms with Gasteiger partial charge in [0, 0.05) is 30.2 Å². The minimum absolute atomic E-state index is 0.299. The number of amides is 1. The van der Waals surface area contributed by atoms with Crippen LogP contribution in [-0.2, 0) is 12.8 Å². The molecule has 0 bridgehead atoms. The van der Waals surface area contributed by atoms with Crippen LogP contribution in [0.5, 0.6) is 0 Å². The molecule has 0 saturated heterocycles. The van der Waals surface area contributed by atoms with Gasteiger partial charge >= 0.3 is 0 Å². The van der Waals surface area contributed by atoms with Crippen LogP contribution in [-0.4, -0.2) is 22.4 Å². The standard InChI is InChI=1S/C13H15ClN4OS/c1-2-9-7-17-11(20-9)3-4-16-13-10(14)5-8(6-18-13)12(15)19/h5-7H,2-4H2,1H3,(H2,15,19)(H,16,18). The predicted octanol–water partition coefficient (Wildman–Crippen LogP) is 2.51. The van der Waals surface area contributed by atoms with Crippen LogP contribution in [0.15, 0.2) is 18.5 Å². The smallest absolute Gasteiger partial charge is 0.250 e. The molecule has 0 spiro atoms. The molecule has 2 aromatic heterocycles. The van der Waals surface area contributed by atoms with Crippen molar-refractivity contribution in [2.45, 2.75) is 19.8 Å². The number of hydrogen-bond acceptors (Lipinski definition) is 5. The highest BCUT2D eigenvalue weighted by atomic mass is 35.5. The number of thiazole rings is 1. The van der Waals surface area contributed by atoms with Crippen molar-refractivity contribution in [3.8, 4) is 0 Å². The zero-order valence-electron chi connectivity index (χ0n) is 11.0. The van der Waals surface area contributed by atoms with Gasteiger partial charge in [-0.3, -0.25) is 4.79 Å². The lowest BCUT2D eigenvalue weighted by Crippen LogP contribution is -2.12. The van der Waals surface area contributed by atoms with Crippen molar-refractivity contribution < 1.29 is 4.79 Å². The summed E-state index contributed by atoms with van der Waals surface area (Å²) >= 11 is 7.75. The molecule has 1 amide bonds. The Labute approximate surface area is 126 Å². The van der Waals surface area contributed by atoms with Gasteiger partial charge in [0.15, 0.2) is 0 Å². The van der Waals surface area contributed by atoms with Crippen molar-refractivity contribution in [1.82, 2.24) is 9.97 Å². The number of primary amides is 1. The van der Waals surface area contributed by atoms with E-state index in [-0.39, 0.29) is 0 Å². The molecule has 0 fully saturated rings. The van der Waals surface area contributed by atoms with E-state index in [1.165, 1.54) is 17.1 Å². The van der Waals surface area contributed by atoms with Crippen LogP contribution in [0.25, 0.3) is 0 Å². The third-order valence-electron chi connectivity index (χ3n) is 2.71. The Bertz CT molecular complexity index is 614. The largest absolute Gasteiger partial charge is 0.368 e. The van der Waals surface area contributed by atoms with Crippen LogP contribution in [0.3, 0.4) is 0 Å².